The van der Waals surface area contributed by atoms with Gasteiger partial charge in [-0.25, -0.2) is 0 Å². The highest BCUT2D eigenvalue weighted by molar-refractivity contribution is 14.1. The second-order valence-corrected chi connectivity index (χ2v) is 4.87. The first-order valence-corrected chi connectivity index (χ1v) is 6.25. The van der Waals surface area contributed by atoms with Crippen molar-refractivity contribution in [2.24, 2.45) is 0 Å². The van der Waals surface area contributed by atoms with Gasteiger partial charge in [0.25, 0.3) is 0 Å². The SMILES string of the molecule is O=C(CBr)c1c(Cl)cc(Cl)cc1I. The third-order valence-electron chi connectivity index (χ3n) is 1.41. The van der Waals surface area contributed by atoms with Crippen LogP contribution in [0.2, 0.25) is 10.0 Å². The molecule has 0 amide bonds. The number of Topliss-reactive ketones (excluding diaryl/α,β-unsaturated/α-hetero) is 1. The molecule has 0 aliphatic rings. The second-order valence-electron chi connectivity index (χ2n) is 2.30. The molecule has 0 aliphatic carbocycles. The van der Waals surface area contributed by atoms with Gasteiger partial charge in [0, 0.05) is 8.59 Å². The van der Waals surface area contributed by atoms with Crippen molar-refractivity contribution in [3.05, 3.63) is 31.3 Å². The minimum Gasteiger partial charge on any atom is -0.293 e. The van der Waals surface area contributed by atoms with Crippen LogP contribution < -0.4 is 0 Å². The number of rotatable bonds is 2. The van der Waals surface area contributed by atoms with Crippen LogP contribution in [-0.2, 0) is 0 Å². The Morgan fingerprint density at radius 1 is 1.46 bits per heavy atom. The third-order valence-corrected chi connectivity index (χ3v) is 3.28. The van der Waals surface area contributed by atoms with E-state index in [1.807, 2.05) is 22.6 Å². The summed E-state index contributed by atoms with van der Waals surface area (Å²) in [4.78, 5) is 11.4. The van der Waals surface area contributed by atoms with E-state index >= 15 is 0 Å². The van der Waals surface area contributed by atoms with Gasteiger partial charge in [0.2, 0.25) is 0 Å². The van der Waals surface area contributed by atoms with E-state index in [2.05, 4.69) is 15.9 Å². The molecule has 0 aliphatic heterocycles. The standard InChI is InChI=1S/C8H4BrCl2IO/c9-3-7(13)8-5(11)1-4(10)2-6(8)12/h1-2H,3H2. The van der Waals surface area contributed by atoms with Crippen molar-refractivity contribution >= 4 is 67.5 Å². The first kappa shape index (κ1) is 11.8. The molecule has 0 aromatic heterocycles. The van der Waals surface area contributed by atoms with Gasteiger partial charge in [-0.15, -0.1) is 0 Å². The Hall–Kier alpha value is 0.680. The Labute approximate surface area is 108 Å². The van der Waals surface area contributed by atoms with Gasteiger partial charge in [0.05, 0.1) is 15.9 Å². The fourth-order valence-electron chi connectivity index (χ4n) is 0.875. The van der Waals surface area contributed by atoms with E-state index in [0.29, 0.717) is 15.6 Å². The molecule has 0 spiro atoms. The monoisotopic (exact) mass is 392 g/mol. The number of halogens is 4. The molecule has 70 valence electrons. The number of carbonyl (C=O) groups excluding carboxylic acids is 1. The fourth-order valence-corrected chi connectivity index (χ4v) is 3.02. The van der Waals surface area contributed by atoms with E-state index < -0.39 is 0 Å². The van der Waals surface area contributed by atoms with Gasteiger partial charge in [0.15, 0.2) is 5.78 Å². The van der Waals surface area contributed by atoms with Crippen molar-refractivity contribution in [2.45, 2.75) is 0 Å². The van der Waals surface area contributed by atoms with Crippen LogP contribution in [0, 0.1) is 3.57 Å². The molecule has 0 bridgehead atoms. The third kappa shape index (κ3) is 2.81. The largest absolute Gasteiger partial charge is 0.293 e. The summed E-state index contributed by atoms with van der Waals surface area (Å²) in [7, 11) is 0. The van der Waals surface area contributed by atoms with Crippen LogP contribution in [0.3, 0.4) is 0 Å². The van der Waals surface area contributed by atoms with Crippen LogP contribution >= 0.6 is 61.7 Å². The molecular weight excluding hydrogens is 390 g/mol. The van der Waals surface area contributed by atoms with Crippen LogP contribution in [-0.4, -0.2) is 11.1 Å². The lowest BCUT2D eigenvalue weighted by Crippen LogP contribution is -2.03. The van der Waals surface area contributed by atoms with E-state index in [4.69, 9.17) is 23.2 Å². The Balaban J connectivity index is 3.28. The Bertz CT molecular complexity index is 331. The molecule has 0 heterocycles. The molecule has 0 saturated heterocycles. The predicted octanol–water partition coefficient (Wildman–Crippen LogP) is 4.18. The minimum absolute atomic E-state index is 0.0360. The van der Waals surface area contributed by atoms with Gasteiger partial charge in [-0.1, -0.05) is 39.1 Å². The predicted molar refractivity (Wildman–Crippen MR) is 67.3 cm³/mol. The van der Waals surface area contributed by atoms with Crippen molar-refractivity contribution in [2.75, 3.05) is 5.33 Å². The van der Waals surface area contributed by atoms with Crippen molar-refractivity contribution in [3.63, 3.8) is 0 Å². The van der Waals surface area contributed by atoms with Crippen molar-refractivity contribution in [3.8, 4) is 0 Å². The second kappa shape index (κ2) is 4.96. The van der Waals surface area contributed by atoms with Crippen LogP contribution in [0.15, 0.2) is 12.1 Å². The lowest BCUT2D eigenvalue weighted by Gasteiger charge is -2.04. The summed E-state index contributed by atoms with van der Waals surface area (Å²) in [6, 6.07) is 3.28. The molecule has 0 atom stereocenters. The number of benzene rings is 1. The molecular formula is C8H4BrCl2IO. The number of carbonyl (C=O) groups is 1. The van der Waals surface area contributed by atoms with Crippen LogP contribution in [0.5, 0.6) is 0 Å². The first-order chi connectivity index (χ1) is 6.06. The summed E-state index contributed by atoms with van der Waals surface area (Å²) >= 11 is 16.8. The summed E-state index contributed by atoms with van der Waals surface area (Å²) in [5.74, 6) is -0.0360. The average molecular weight is 394 g/mol. The Morgan fingerprint density at radius 2 is 2.08 bits per heavy atom. The molecule has 1 aromatic rings. The average Bonchev–Trinajstić information content (AvgIpc) is 2.02. The van der Waals surface area contributed by atoms with E-state index in [1.165, 1.54) is 0 Å². The zero-order chi connectivity index (χ0) is 10.0. The molecule has 5 heteroatoms. The van der Waals surface area contributed by atoms with Crippen molar-refractivity contribution in [1.29, 1.82) is 0 Å². The van der Waals surface area contributed by atoms with Gasteiger partial charge in [-0.2, -0.15) is 0 Å². The molecule has 13 heavy (non-hydrogen) atoms. The van der Waals surface area contributed by atoms with Gasteiger partial charge in [-0.05, 0) is 34.7 Å². The van der Waals surface area contributed by atoms with Gasteiger partial charge in [0.1, 0.15) is 0 Å². The summed E-state index contributed by atoms with van der Waals surface area (Å²) < 4.78 is 0.777. The van der Waals surface area contributed by atoms with Gasteiger partial charge >= 0.3 is 0 Å². The van der Waals surface area contributed by atoms with E-state index in [9.17, 15) is 4.79 Å². The first-order valence-electron chi connectivity index (χ1n) is 3.30. The number of alkyl halides is 1. The number of hydrogen-bond donors (Lipinski definition) is 0. The topological polar surface area (TPSA) is 17.1 Å². The van der Waals surface area contributed by atoms with Crippen LogP contribution in [0.25, 0.3) is 0 Å². The molecule has 0 radical (unpaired) electrons. The van der Waals surface area contributed by atoms with Gasteiger partial charge < -0.3 is 0 Å². The van der Waals surface area contributed by atoms with Crippen molar-refractivity contribution < 1.29 is 4.79 Å². The summed E-state index contributed by atoms with van der Waals surface area (Å²) in [5.41, 5.74) is 0.531. The minimum atomic E-state index is -0.0360. The lowest BCUT2D eigenvalue weighted by molar-refractivity contribution is 0.102. The van der Waals surface area contributed by atoms with Gasteiger partial charge in [-0.3, -0.25) is 4.79 Å². The van der Waals surface area contributed by atoms with Crippen LogP contribution in [0.1, 0.15) is 10.4 Å². The number of hydrogen-bond acceptors (Lipinski definition) is 1. The highest BCUT2D eigenvalue weighted by atomic mass is 127. The zero-order valence-corrected chi connectivity index (χ0v) is 11.5. The van der Waals surface area contributed by atoms with E-state index in [0.717, 1.165) is 3.57 Å². The molecule has 0 N–H and O–H groups in total. The molecule has 0 saturated carbocycles. The van der Waals surface area contributed by atoms with Crippen molar-refractivity contribution in [1.82, 2.24) is 0 Å². The molecule has 1 aromatic carbocycles. The molecule has 0 unspecified atom stereocenters. The smallest absolute Gasteiger partial charge is 0.175 e. The lowest BCUT2D eigenvalue weighted by atomic mass is 10.1. The quantitative estimate of drug-likeness (QED) is 0.418. The van der Waals surface area contributed by atoms with Crippen LogP contribution in [0.4, 0.5) is 0 Å². The molecule has 1 nitrogen and oxygen atoms in total. The summed E-state index contributed by atoms with van der Waals surface area (Å²) in [6.07, 6.45) is 0. The van der Waals surface area contributed by atoms with E-state index in [1.54, 1.807) is 12.1 Å². The maximum Gasteiger partial charge on any atom is 0.175 e. The Morgan fingerprint density at radius 3 is 2.54 bits per heavy atom. The maximum absolute atomic E-state index is 11.4. The summed E-state index contributed by atoms with van der Waals surface area (Å²) in [5, 5.41) is 1.21. The van der Waals surface area contributed by atoms with E-state index in [-0.39, 0.29) is 11.1 Å². The normalized spacial score (nSPS) is 10.2. The molecule has 0 fully saturated rings. The zero-order valence-electron chi connectivity index (χ0n) is 6.28. The Kier molecular flexibility index (Phi) is 4.48. The number of ketones is 1. The molecule has 1 rings (SSSR count). The highest BCUT2D eigenvalue weighted by Gasteiger charge is 2.13. The fraction of sp³-hybridized carbons (Fsp3) is 0.125. The highest BCUT2D eigenvalue weighted by Crippen LogP contribution is 2.27. The summed E-state index contributed by atoms with van der Waals surface area (Å²) in [6.45, 7) is 0. The maximum atomic E-state index is 11.4.